The van der Waals surface area contributed by atoms with Gasteiger partial charge in [0.1, 0.15) is 18.8 Å². The van der Waals surface area contributed by atoms with Crippen LogP contribution >= 0.6 is 0 Å². The number of hydrogen-bond donors (Lipinski definition) is 1. The summed E-state index contributed by atoms with van der Waals surface area (Å²) >= 11 is 0. The van der Waals surface area contributed by atoms with Crippen molar-refractivity contribution in [3.05, 3.63) is 108 Å². The second kappa shape index (κ2) is 11.7. The monoisotopic (exact) mass is 489 g/mol. The Morgan fingerprint density at radius 3 is 1.78 bits per heavy atom. The molecule has 36 heavy (non-hydrogen) atoms. The van der Waals surface area contributed by atoms with Gasteiger partial charge in [0.15, 0.2) is 6.29 Å². The summed E-state index contributed by atoms with van der Waals surface area (Å²) in [6.07, 6.45) is -2.16. The summed E-state index contributed by atoms with van der Waals surface area (Å²) in [6.45, 7) is 0.994. The second-order valence-electron chi connectivity index (χ2n) is 9.04. The average molecular weight is 490 g/mol. The molecule has 1 saturated heterocycles. The van der Waals surface area contributed by atoms with Crippen molar-refractivity contribution in [1.29, 1.82) is 0 Å². The van der Waals surface area contributed by atoms with Crippen LogP contribution in [0.4, 0.5) is 4.79 Å². The van der Waals surface area contributed by atoms with Gasteiger partial charge in [-0.05, 0) is 16.7 Å². The SMILES string of the molecule is CO[C@@H]1O[C@@H]2[C@H](OCc3ccccc3)[C@@H](NC(=O)OCc3ccccc3)[C@H]1[C@H]2OCc1ccccc1. The van der Waals surface area contributed by atoms with Gasteiger partial charge in [0.2, 0.25) is 0 Å². The first-order valence-corrected chi connectivity index (χ1v) is 12.2. The van der Waals surface area contributed by atoms with Crippen LogP contribution in [0.5, 0.6) is 0 Å². The molecule has 1 amide bonds. The molecule has 3 aromatic carbocycles. The van der Waals surface area contributed by atoms with Crippen molar-refractivity contribution < 1.29 is 28.5 Å². The molecule has 5 rings (SSSR count). The number of rotatable bonds is 10. The first kappa shape index (κ1) is 24.5. The van der Waals surface area contributed by atoms with Crippen molar-refractivity contribution in [2.24, 2.45) is 5.92 Å². The van der Waals surface area contributed by atoms with Gasteiger partial charge >= 0.3 is 6.09 Å². The second-order valence-corrected chi connectivity index (χ2v) is 9.04. The molecule has 0 unspecified atom stereocenters. The summed E-state index contributed by atoms with van der Waals surface area (Å²) in [5, 5.41) is 3.03. The smallest absolute Gasteiger partial charge is 0.407 e. The van der Waals surface area contributed by atoms with Crippen LogP contribution in [0.25, 0.3) is 0 Å². The third-order valence-electron chi connectivity index (χ3n) is 6.70. The number of nitrogens with one attached hydrogen (secondary N) is 1. The predicted molar refractivity (Wildman–Crippen MR) is 133 cm³/mol. The Bertz CT molecular complexity index is 1100. The zero-order chi connectivity index (χ0) is 24.7. The maximum atomic E-state index is 12.8. The minimum Gasteiger partial charge on any atom is -0.445 e. The van der Waals surface area contributed by atoms with Crippen LogP contribution in [0, 0.1) is 5.92 Å². The van der Waals surface area contributed by atoms with Crippen molar-refractivity contribution in [2.75, 3.05) is 7.11 Å². The fraction of sp³-hybridized carbons (Fsp3) is 0.345. The van der Waals surface area contributed by atoms with E-state index in [4.69, 9.17) is 23.7 Å². The van der Waals surface area contributed by atoms with Crippen LogP contribution in [0.3, 0.4) is 0 Å². The summed E-state index contributed by atoms with van der Waals surface area (Å²) in [5.74, 6) is -0.256. The molecule has 2 aliphatic rings. The van der Waals surface area contributed by atoms with Crippen LogP contribution in [0.15, 0.2) is 91.0 Å². The zero-order valence-electron chi connectivity index (χ0n) is 20.2. The topological polar surface area (TPSA) is 75.2 Å². The largest absolute Gasteiger partial charge is 0.445 e. The summed E-state index contributed by atoms with van der Waals surface area (Å²) < 4.78 is 30.0. The number of hydrogen-bond acceptors (Lipinski definition) is 6. The molecule has 2 bridgehead atoms. The van der Waals surface area contributed by atoms with Gasteiger partial charge in [-0.1, -0.05) is 91.0 Å². The lowest BCUT2D eigenvalue weighted by atomic mass is 10.0. The van der Waals surface area contributed by atoms with Crippen molar-refractivity contribution in [2.45, 2.75) is 50.5 Å². The molecule has 7 heteroatoms. The van der Waals surface area contributed by atoms with Crippen molar-refractivity contribution in [1.82, 2.24) is 5.32 Å². The van der Waals surface area contributed by atoms with Crippen LogP contribution in [0.1, 0.15) is 16.7 Å². The molecule has 3 aromatic rings. The molecular formula is C29H31NO6. The molecule has 0 aromatic heterocycles. The van der Waals surface area contributed by atoms with Gasteiger partial charge in [-0.3, -0.25) is 0 Å². The highest BCUT2D eigenvalue weighted by atomic mass is 16.7. The van der Waals surface area contributed by atoms with E-state index in [0.717, 1.165) is 16.7 Å². The highest BCUT2D eigenvalue weighted by molar-refractivity contribution is 5.68. The Kier molecular flexibility index (Phi) is 7.93. The number of carbonyl (C=O) groups excluding carboxylic acids is 1. The number of methoxy groups -OCH3 is 1. The van der Waals surface area contributed by atoms with Gasteiger partial charge in [-0.2, -0.15) is 0 Å². The van der Waals surface area contributed by atoms with Crippen LogP contribution in [-0.2, 0) is 43.5 Å². The van der Waals surface area contributed by atoms with E-state index in [1.807, 2.05) is 91.0 Å². The number of carbonyl (C=O) groups is 1. The lowest BCUT2D eigenvalue weighted by molar-refractivity contribution is -0.200. The van der Waals surface area contributed by atoms with E-state index in [2.05, 4.69) is 5.32 Å². The highest BCUT2D eigenvalue weighted by Gasteiger charge is 2.63. The molecule has 1 aliphatic carbocycles. The van der Waals surface area contributed by atoms with Gasteiger partial charge in [0.25, 0.3) is 0 Å². The molecule has 6 atom stereocenters. The van der Waals surface area contributed by atoms with Gasteiger partial charge < -0.3 is 29.0 Å². The lowest BCUT2D eigenvalue weighted by Crippen LogP contribution is -2.54. The molecule has 1 heterocycles. The van der Waals surface area contributed by atoms with E-state index < -0.39 is 30.6 Å². The Hall–Kier alpha value is -3.23. The number of alkyl carbamates (subject to hydrolysis) is 1. The number of fused-ring (bicyclic) bond motifs is 2. The van der Waals surface area contributed by atoms with Crippen molar-refractivity contribution in [3.63, 3.8) is 0 Å². The molecule has 1 aliphatic heterocycles. The quantitative estimate of drug-likeness (QED) is 0.454. The Labute approximate surface area is 211 Å². The molecule has 0 spiro atoms. The molecule has 1 saturated carbocycles. The fourth-order valence-corrected chi connectivity index (χ4v) is 4.99. The average Bonchev–Trinajstić information content (AvgIpc) is 3.43. The van der Waals surface area contributed by atoms with Gasteiger partial charge in [0, 0.05) is 7.11 Å². The number of ether oxygens (including phenoxy) is 5. The lowest BCUT2D eigenvalue weighted by Gasteiger charge is -2.34. The summed E-state index contributed by atoms with van der Waals surface area (Å²) in [5.41, 5.74) is 3.02. The third kappa shape index (κ3) is 5.60. The van der Waals surface area contributed by atoms with E-state index in [1.54, 1.807) is 7.11 Å². The maximum absolute atomic E-state index is 12.8. The van der Waals surface area contributed by atoms with Gasteiger partial charge in [0.05, 0.1) is 31.3 Å². The zero-order valence-corrected chi connectivity index (χ0v) is 20.2. The molecule has 7 nitrogen and oxygen atoms in total. The van der Waals surface area contributed by atoms with E-state index in [1.165, 1.54) is 0 Å². The standard InChI is InChI=1S/C29H31NO6/c1-32-28-23-24(30-29(31)35-19-22-15-9-4-10-16-22)26(34-18-21-13-7-3-8-14-21)27(36-28)25(23)33-17-20-11-5-2-6-12-20/h2-16,23-28H,17-19H2,1H3,(H,30,31)/t23-,24-,25+,26+,27-,28+/m0/s1. The Morgan fingerprint density at radius 1 is 0.750 bits per heavy atom. The molecular weight excluding hydrogens is 458 g/mol. The van der Waals surface area contributed by atoms with Crippen molar-refractivity contribution in [3.8, 4) is 0 Å². The first-order chi connectivity index (χ1) is 17.7. The van der Waals surface area contributed by atoms with Gasteiger partial charge in [-0.15, -0.1) is 0 Å². The number of benzene rings is 3. The predicted octanol–water partition coefficient (Wildman–Crippen LogP) is 4.45. The first-order valence-electron chi connectivity index (χ1n) is 12.2. The highest BCUT2D eigenvalue weighted by Crippen LogP contribution is 2.45. The Balaban J connectivity index is 1.31. The summed E-state index contributed by atoms with van der Waals surface area (Å²) in [4.78, 5) is 12.8. The molecule has 0 radical (unpaired) electrons. The van der Waals surface area contributed by atoms with Crippen LogP contribution in [0.2, 0.25) is 0 Å². The fourth-order valence-electron chi connectivity index (χ4n) is 4.99. The summed E-state index contributed by atoms with van der Waals surface area (Å²) in [7, 11) is 1.60. The Morgan fingerprint density at radius 2 is 1.25 bits per heavy atom. The molecule has 188 valence electrons. The summed E-state index contributed by atoms with van der Waals surface area (Å²) in [6, 6.07) is 29.1. The van der Waals surface area contributed by atoms with Gasteiger partial charge in [-0.25, -0.2) is 4.79 Å². The molecule has 1 N–H and O–H groups in total. The van der Waals surface area contributed by atoms with E-state index in [9.17, 15) is 4.79 Å². The van der Waals surface area contributed by atoms with E-state index in [0.29, 0.717) is 13.2 Å². The minimum atomic E-state index is -0.522. The normalized spacial score (nSPS) is 26.6. The van der Waals surface area contributed by atoms with E-state index >= 15 is 0 Å². The van der Waals surface area contributed by atoms with Crippen molar-refractivity contribution >= 4 is 6.09 Å². The maximum Gasteiger partial charge on any atom is 0.407 e. The van der Waals surface area contributed by atoms with E-state index in [-0.39, 0.29) is 18.6 Å². The third-order valence-corrected chi connectivity index (χ3v) is 6.70. The molecule has 2 fully saturated rings. The van der Waals surface area contributed by atoms with Crippen LogP contribution in [-0.4, -0.2) is 43.8 Å². The number of amides is 1. The minimum absolute atomic E-state index is 0.182. The van der Waals surface area contributed by atoms with Crippen LogP contribution < -0.4 is 5.32 Å².